The molecule has 1 aliphatic rings. The van der Waals surface area contributed by atoms with Gasteiger partial charge in [0.05, 0.1) is 13.2 Å². The van der Waals surface area contributed by atoms with Crippen molar-refractivity contribution in [2.45, 2.75) is 25.9 Å². The van der Waals surface area contributed by atoms with Crippen molar-refractivity contribution in [3.63, 3.8) is 0 Å². The Kier molecular flexibility index (Phi) is 3.21. The number of benzene rings is 1. The van der Waals surface area contributed by atoms with Crippen LogP contribution in [0.1, 0.15) is 29.9 Å². The Labute approximate surface area is 112 Å². The van der Waals surface area contributed by atoms with Crippen LogP contribution < -0.4 is 10.1 Å². The van der Waals surface area contributed by atoms with Gasteiger partial charge < -0.3 is 14.6 Å². The average Bonchev–Trinajstić information content (AvgIpc) is 3.03. The molecule has 3 rings (SSSR count). The van der Waals surface area contributed by atoms with Gasteiger partial charge in [-0.15, -0.1) is 10.2 Å². The zero-order chi connectivity index (χ0) is 13.2. The Morgan fingerprint density at radius 2 is 2.37 bits per heavy atom. The van der Waals surface area contributed by atoms with E-state index >= 15 is 0 Å². The Balaban J connectivity index is 1.67. The molecule has 0 aliphatic carbocycles. The van der Waals surface area contributed by atoms with Gasteiger partial charge in [0.1, 0.15) is 17.9 Å². The maximum Gasteiger partial charge on any atom is 0.146 e. The molecule has 2 heterocycles. The zero-order valence-corrected chi connectivity index (χ0v) is 11.3. The zero-order valence-electron chi connectivity index (χ0n) is 11.3. The summed E-state index contributed by atoms with van der Waals surface area (Å²) in [5.74, 6) is 1.97. The third-order valence-electron chi connectivity index (χ3n) is 3.59. The molecular weight excluding hydrogens is 240 g/mol. The third-order valence-corrected chi connectivity index (χ3v) is 3.59. The van der Waals surface area contributed by atoms with Gasteiger partial charge in [-0.1, -0.05) is 12.1 Å². The highest BCUT2D eigenvalue weighted by molar-refractivity contribution is 5.40. The number of fused-ring (bicyclic) bond motifs is 1. The van der Waals surface area contributed by atoms with Gasteiger partial charge in [-0.25, -0.2) is 0 Å². The lowest BCUT2D eigenvalue weighted by molar-refractivity contribution is 0.356. The predicted molar refractivity (Wildman–Crippen MR) is 71.9 cm³/mol. The van der Waals surface area contributed by atoms with Crippen LogP contribution in [-0.4, -0.2) is 21.4 Å². The van der Waals surface area contributed by atoms with E-state index in [0.29, 0.717) is 6.54 Å². The lowest BCUT2D eigenvalue weighted by atomic mass is 10.0. The van der Waals surface area contributed by atoms with E-state index in [1.165, 1.54) is 11.1 Å². The van der Waals surface area contributed by atoms with Crippen LogP contribution in [0, 0.1) is 0 Å². The highest BCUT2D eigenvalue weighted by Crippen LogP contribution is 2.28. The number of hydrogen-bond acceptors (Lipinski definition) is 4. The molecule has 0 amide bonds. The van der Waals surface area contributed by atoms with Crippen molar-refractivity contribution in [2.75, 3.05) is 6.61 Å². The summed E-state index contributed by atoms with van der Waals surface area (Å²) >= 11 is 0. The molecule has 5 heteroatoms. The van der Waals surface area contributed by atoms with Gasteiger partial charge in [-0.2, -0.15) is 0 Å². The molecule has 1 aliphatic heterocycles. The second-order valence-electron chi connectivity index (χ2n) is 4.93. The largest absolute Gasteiger partial charge is 0.493 e. The molecule has 0 fully saturated rings. The summed E-state index contributed by atoms with van der Waals surface area (Å²) in [5.41, 5.74) is 2.59. The minimum atomic E-state index is 0.280. The number of nitrogens with zero attached hydrogens (tertiary/aromatic N) is 3. The molecule has 5 nitrogen and oxygen atoms in total. The number of ether oxygens (including phenoxy) is 1. The third kappa shape index (κ3) is 2.46. The smallest absolute Gasteiger partial charge is 0.146 e. The number of aryl methyl sites for hydroxylation is 1. The standard InChI is InChI=1S/C14H18N4O/c1-10(15-8-14-17-16-9-18(14)2)11-3-4-13-12(7-11)5-6-19-13/h3-4,7,9-10,15H,5-6,8H2,1-2H3. The van der Waals surface area contributed by atoms with Crippen molar-refractivity contribution in [1.29, 1.82) is 0 Å². The van der Waals surface area contributed by atoms with Crippen molar-refractivity contribution in [2.24, 2.45) is 7.05 Å². The van der Waals surface area contributed by atoms with E-state index in [0.717, 1.165) is 24.6 Å². The van der Waals surface area contributed by atoms with Crippen LogP contribution in [0.3, 0.4) is 0 Å². The molecule has 0 saturated carbocycles. The topological polar surface area (TPSA) is 52.0 Å². The summed E-state index contributed by atoms with van der Waals surface area (Å²) < 4.78 is 7.45. The first kappa shape index (κ1) is 12.2. The van der Waals surface area contributed by atoms with Crippen molar-refractivity contribution >= 4 is 0 Å². The molecule has 1 aromatic heterocycles. The van der Waals surface area contributed by atoms with Gasteiger partial charge in [0.15, 0.2) is 0 Å². The molecule has 1 unspecified atom stereocenters. The number of rotatable bonds is 4. The van der Waals surface area contributed by atoms with Gasteiger partial charge in [0, 0.05) is 19.5 Å². The van der Waals surface area contributed by atoms with Crippen LogP contribution in [0.5, 0.6) is 5.75 Å². The fourth-order valence-corrected chi connectivity index (χ4v) is 2.31. The fraction of sp³-hybridized carbons (Fsp3) is 0.429. The molecule has 2 aromatic rings. The Bertz CT molecular complexity index is 579. The van der Waals surface area contributed by atoms with Gasteiger partial charge in [-0.3, -0.25) is 0 Å². The van der Waals surface area contributed by atoms with E-state index in [1.54, 1.807) is 6.33 Å². The summed E-state index contributed by atoms with van der Waals surface area (Å²) in [6.45, 7) is 3.68. The molecule has 0 radical (unpaired) electrons. The number of nitrogens with one attached hydrogen (secondary N) is 1. The molecule has 0 spiro atoms. The van der Waals surface area contributed by atoms with E-state index in [1.807, 2.05) is 11.6 Å². The Morgan fingerprint density at radius 3 is 3.16 bits per heavy atom. The summed E-state index contributed by atoms with van der Waals surface area (Å²) in [5, 5.41) is 11.4. The van der Waals surface area contributed by atoms with E-state index in [2.05, 4.69) is 40.6 Å². The second kappa shape index (κ2) is 5.01. The molecule has 0 saturated heterocycles. The SMILES string of the molecule is CC(NCc1nncn1C)c1ccc2c(c1)CCO2. The van der Waals surface area contributed by atoms with Gasteiger partial charge >= 0.3 is 0 Å². The normalized spacial score (nSPS) is 15.1. The number of aromatic nitrogens is 3. The van der Waals surface area contributed by atoms with E-state index in [9.17, 15) is 0 Å². The van der Waals surface area contributed by atoms with Crippen molar-refractivity contribution in [3.05, 3.63) is 41.5 Å². The first-order chi connectivity index (χ1) is 9.24. The molecular formula is C14H18N4O. The summed E-state index contributed by atoms with van der Waals surface area (Å²) in [6.07, 6.45) is 2.73. The molecule has 19 heavy (non-hydrogen) atoms. The van der Waals surface area contributed by atoms with Crippen LogP contribution in [0.4, 0.5) is 0 Å². The predicted octanol–water partition coefficient (Wildman–Crippen LogP) is 1.60. The quantitative estimate of drug-likeness (QED) is 0.905. The minimum absolute atomic E-state index is 0.280. The molecule has 1 atom stereocenters. The molecule has 1 N–H and O–H groups in total. The summed E-state index contributed by atoms with van der Waals surface area (Å²) in [7, 11) is 1.95. The first-order valence-corrected chi connectivity index (χ1v) is 6.56. The highest BCUT2D eigenvalue weighted by atomic mass is 16.5. The van der Waals surface area contributed by atoms with Crippen LogP contribution in [-0.2, 0) is 20.0 Å². The highest BCUT2D eigenvalue weighted by Gasteiger charge is 2.14. The number of hydrogen-bond donors (Lipinski definition) is 1. The maximum atomic E-state index is 5.53. The van der Waals surface area contributed by atoms with Crippen molar-refractivity contribution in [1.82, 2.24) is 20.1 Å². The Morgan fingerprint density at radius 1 is 1.47 bits per heavy atom. The lowest BCUT2D eigenvalue weighted by Crippen LogP contribution is -2.20. The van der Waals surface area contributed by atoms with Gasteiger partial charge in [0.25, 0.3) is 0 Å². The lowest BCUT2D eigenvalue weighted by Gasteiger charge is -2.14. The van der Waals surface area contributed by atoms with Crippen molar-refractivity contribution < 1.29 is 4.74 Å². The maximum absolute atomic E-state index is 5.53. The van der Waals surface area contributed by atoms with Crippen LogP contribution in [0.15, 0.2) is 24.5 Å². The van der Waals surface area contributed by atoms with Crippen molar-refractivity contribution in [3.8, 4) is 5.75 Å². The summed E-state index contributed by atoms with van der Waals surface area (Å²) in [4.78, 5) is 0. The second-order valence-corrected chi connectivity index (χ2v) is 4.93. The van der Waals surface area contributed by atoms with E-state index in [-0.39, 0.29) is 6.04 Å². The van der Waals surface area contributed by atoms with Crippen LogP contribution >= 0.6 is 0 Å². The summed E-state index contributed by atoms with van der Waals surface area (Å²) in [6, 6.07) is 6.70. The van der Waals surface area contributed by atoms with Gasteiger partial charge in [0.2, 0.25) is 0 Å². The van der Waals surface area contributed by atoms with E-state index < -0.39 is 0 Å². The molecule has 0 bridgehead atoms. The van der Waals surface area contributed by atoms with E-state index in [4.69, 9.17) is 4.74 Å². The van der Waals surface area contributed by atoms with Gasteiger partial charge in [-0.05, 0) is 24.1 Å². The monoisotopic (exact) mass is 258 g/mol. The molecule has 1 aromatic carbocycles. The average molecular weight is 258 g/mol. The Hall–Kier alpha value is -1.88. The van der Waals surface area contributed by atoms with Crippen LogP contribution in [0.25, 0.3) is 0 Å². The fourth-order valence-electron chi connectivity index (χ4n) is 2.31. The first-order valence-electron chi connectivity index (χ1n) is 6.56. The molecule has 100 valence electrons. The van der Waals surface area contributed by atoms with Crippen LogP contribution in [0.2, 0.25) is 0 Å². The minimum Gasteiger partial charge on any atom is -0.493 e.